The number of nitrogen functional groups attached to an aromatic ring is 1. The van der Waals surface area contributed by atoms with Gasteiger partial charge in [0.1, 0.15) is 23.2 Å². The molecule has 30 heavy (non-hydrogen) atoms. The second-order valence-electron chi connectivity index (χ2n) is 7.65. The van der Waals surface area contributed by atoms with Crippen molar-refractivity contribution >= 4 is 16.6 Å². The lowest BCUT2D eigenvalue weighted by Gasteiger charge is -2.17. The highest BCUT2D eigenvalue weighted by Gasteiger charge is 2.19. The van der Waals surface area contributed by atoms with Gasteiger partial charge in [0.15, 0.2) is 0 Å². The van der Waals surface area contributed by atoms with Crippen molar-refractivity contribution < 1.29 is 4.74 Å². The van der Waals surface area contributed by atoms with Crippen molar-refractivity contribution in [3.05, 3.63) is 78.5 Å². The lowest BCUT2D eigenvalue weighted by molar-refractivity contribution is 0.274. The van der Waals surface area contributed by atoms with Crippen LogP contribution in [0.3, 0.4) is 0 Å². The minimum atomic E-state index is 0.233. The molecular formula is C26H23N3O. The van der Waals surface area contributed by atoms with Crippen molar-refractivity contribution in [1.82, 2.24) is 4.98 Å². The van der Waals surface area contributed by atoms with Crippen molar-refractivity contribution in [3.8, 4) is 34.1 Å². The third kappa shape index (κ3) is 3.58. The zero-order valence-electron chi connectivity index (χ0n) is 17.1. The van der Waals surface area contributed by atoms with Crippen LogP contribution in [0.2, 0.25) is 0 Å². The van der Waals surface area contributed by atoms with E-state index in [4.69, 9.17) is 10.5 Å². The van der Waals surface area contributed by atoms with Crippen molar-refractivity contribution in [1.29, 1.82) is 5.26 Å². The summed E-state index contributed by atoms with van der Waals surface area (Å²) in [5, 5.41) is 11.9. The summed E-state index contributed by atoms with van der Waals surface area (Å²) in [6.07, 6.45) is 1.75. The molecule has 4 nitrogen and oxygen atoms in total. The maximum absolute atomic E-state index is 9.91. The first kappa shape index (κ1) is 19.5. The molecule has 0 aliphatic heterocycles. The van der Waals surface area contributed by atoms with E-state index >= 15 is 0 Å². The average Bonchev–Trinajstić information content (AvgIpc) is 2.77. The first-order valence-corrected chi connectivity index (χ1v) is 9.99. The Balaban J connectivity index is 2.01. The summed E-state index contributed by atoms with van der Waals surface area (Å²) in [4.78, 5) is 4.29. The second-order valence-corrected chi connectivity index (χ2v) is 7.65. The van der Waals surface area contributed by atoms with Crippen LogP contribution < -0.4 is 10.5 Å². The zero-order chi connectivity index (χ0) is 21.1. The topological polar surface area (TPSA) is 71.9 Å². The van der Waals surface area contributed by atoms with Crippen molar-refractivity contribution in [2.24, 2.45) is 5.92 Å². The Morgan fingerprint density at radius 3 is 2.33 bits per heavy atom. The summed E-state index contributed by atoms with van der Waals surface area (Å²) >= 11 is 0. The van der Waals surface area contributed by atoms with E-state index in [0.29, 0.717) is 18.1 Å². The maximum atomic E-state index is 9.91. The molecule has 4 rings (SSSR count). The number of rotatable bonds is 5. The number of nitrogens with two attached hydrogens (primary N) is 1. The van der Waals surface area contributed by atoms with Crippen LogP contribution in [0.15, 0.2) is 72.9 Å². The summed E-state index contributed by atoms with van der Waals surface area (Å²) in [6.45, 7) is 4.90. The molecule has 0 fully saturated rings. The molecule has 148 valence electrons. The molecule has 1 aromatic heterocycles. The fourth-order valence-electron chi connectivity index (χ4n) is 3.63. The Morgan fingerprint density at radius 1 is 0.933 bits per heavy atom. The minimum Gasteiger partial charge on any atom is -0.493 e. The predicted octanol–water partition coefficient (Wildman–Crippen LogP) is 6.06. The SMILES string of the molecule is CC(C)COc1ccc(-c2c(-c3ccccc3)cnc(N)c2C#N)c2ccccc12. The number of fused-ring (bicyclic) bond motifs is 1. The Hall–Kier alpha value is -3.84. The first-order valence-electron chi connectivity index (χ1n) is 9.99. The van der Waals surface area contributed by atoms with E-state index in [-0.39, 0.29) is 5.82 Å². The molecule has 0 amide bonds. The summed E-state index contributed by atoms with van der Waals surface area (Å²) in [7, 11) is 0. The van der Waals surface area contributed by atoms with Gasteiger partial charge in [-0.1, -0.05) is 68.4 Å². The van der Waals surface area contributed by atoms with E-state index in [0.717, 1.165) is 38.8 Å². The van der Waals surface area contributed by atoms with Gasteiger partial charge in [-0.3, -0.25) is 0 Å². The normalized spacial score (nSPS) is 10.9. The number of pyridine rings is 1. The number of anilines is 1. The van der Waals surface area contributed by atoms with Gasteiger partial charge in [0.25, 0.3) is 0 Å². The largest absolute Gasteiger partial charge is 0.493 e. The molecule has 0 bridgehead atoms. The highest BCUT2D eigenvalue weighted by molar-refractivity contribution is 6.05. The maximum Gasteiger partial charge on any atom is 0.141 e. The smallest absolute Gasteiger partial charge is 0.141 e. The quantitative estimate of drug-likeness (QED) is 0.447. The molecule has 0 spiro atoms. The molecule has 0 aliphatic carbocycles. The van der Waals surface area contributed by atoms with E-state index in [2.05, 4.69) is 31.0 Å². The molecule has 3 aromatic carbocycles. The van der Waals surface area contributed by atoms with E-state index in [9.17, 15) is 5.26 Å². The van der Waals surface area contributed by atoms with Crippen LogP contribution in [0.4, 0.5) is 5.82 Å². The number of benzene rings is 3. The highest BCUT2D eigenvalue weighted by atomic mass is 16.5. The van der Waals surface area contributed by atoms with Crippen LogP contribution in [0.5, 0.6) is 5.75 Å². The summed E-state index contributed by atoms with van der Waals surface area (Å²) in [6, 6.07) is 24.3. The summed E-state index contributed by atoms with van der Waals surface area (Å²) in [5.41, 5.74) is 10.1. The fraction of sp³-hybridized carbons (Fsp3) is 0.154. The van der Waals surface area contributed by atoms with Crippen LogP contribution in [-0.4, -0.2) is 11.6 Å². The van der Waals surface area contributed by atoms with Gasteiger partial charge >= 0.3 is 0 Å². The highest BCUT2D eigenvalue weighted by Crippen LogP contribution is 2.41. The molecule has 0 saturated heterocycles. The monoisotopic (exact) mass is 393 g/mol. The van der Waals surface area contributed by atoms with Crippen LogP contribution in [0.25, 0.3) is 33.0 Å². The number of ether oxygens (including phenoxy) is 1. The molecule has 1 heterocycles. The summed E-state index contributed by atoms with van der Waals surface area (Å²) < 4.78 is 6.06. The predicted molar refractivity (Wildman–Crippen MR) is 122 cm³/mol. The van der Waals surface area contributed by atoms with Gasteiger partial charge in [-0.05, 0) is 34.6 Å². The number of aromatic nitrogens is 1. The van der Waals surface area contributed by atoms with Crippen molar-refractivity contribution in [3.63, 3.8) is 0 Å². The standard InChI is InChI=1S/C26H23N3O/c1-17(2)16-30-24-13-12-21(19-10-6-7-11-20(19)24)25-22(14-27)26(28)29-15-23(25)18-8-4-3-5-9-18/h3-13,15,17H,16H2,1-2H3,(H2,28,29). The number of nitrogens with zero attached hydrogens (tertiary/aromatic N) is 2. The lowest BCUT2D eigenvalue weighted by Crippen LogP contribution is -2.05. The van der Waals surface area contributed by atoms with Crippen molar-refractivity contribution in [2.75, 3.05) is 12.3 Å². The van der Waals surface area contributed by atoms with Gasteiger partial charge in [-0.15, -0.1) is 0 Å². The first-order chi connectivity index (χ1) is 14.6. The van der Waals surface area contributed by atoms with Gasteiger partial charge < -0.3 is 10.5 Å². The third-order valence-electron chi connectivity index (χ3n) is 5.03. The lowest BCUT2D eigenvalue weighted by atomic mass is 9.89. The Kier molecular flexibility index (Phi) is 5.36. The third-order valence-corrected chi connectivity index (χ3v) is 5.03. The van der Waals surface area contributed by atoms with Gasteiger partial charge in [-0.2, -0.15) is 5.26 Å². The summed E-state index contributed by atoms with van der Waals surface area (Å²) in [5.74, 6) is 1.50. The molecule has 0 radical (unpaired) electrons. The zero-order valence-corrected chi connectivity index (χ0v) is 17.1. The second kappa shape index (κ2) is 8.26. The van der Waals surface area contributed by atoms with E-state index in [1.165, 1.54) is 0 Å². The molecular weight excluding hydrogens is 370 g/mol. The van der Waals surface area contributed by atoms with Gasteiger partial charge in [0.05, 0.1) is 6.61 Å². The molecule has 0 unspecified atom stereocenters. The van der Waals surface area contributed by atoms with E-state index < -0.39 is 0 Å². The van der Waals surface area contributed by atoms with Crippen LogP contribution in [0, 0.1) is 17.2 Å². The minimum absolute atomic E-state index is 0.233. The number of nitriles is 1. The van der Waals surface area contributed by atoms with Crippen molar-refractivity contribution in [2.45, 2.75) is 13.8 Å². The number of hydrogen-bond donors (Lipinski definition) is 1. The van der Waals surface area contributed by atoms with Crippen LogP contribution in [0.1, 0.15) is 19.4 Å². The van der Waals surface area contributed by atoms with Crippen LogP contribution in [-0.2, 0) is 0 Å². The molecule has 4 aromatic rings. The molecule has 2 N–H and O–H groups in total. The van der Waals surface area contributed by atoms with Crippen LogP contribution >= 0.6 is 0 Å². The Labute approximate surface area is 176 Å². The van der Waals surface area contributed by atoms with E-state index in [1.807, 2.05) is 60.7 Å². The molecule has 0 atom stereocenters. The number of hydrogen-bond acceptors (Lipinski definition) is 4. The Morgan fingerprint density at radius 2 is 1.63 bits per heavy atom. The molecule has 4 heteroatoms. The van der Waals surface area contributed by atoms with Gasteiger partial charge in [-0.25, -0.2) is 4.98 Å². The Bertz CT molecular complexity index is 1240. The fourth-order valence-corrected chi connectivity index (χ4v) is 3.63. The molecule has 0 aliphatic rings. The van der Waals surface area contributed by atoms with E-state index in [1.54, 1.807) is 6.20 Å². The van der Waals surface area contributed by atoms with Gasteiger partial charge in [0.2, 0.25) is 0 Å². The van der Waals surface area contributed by atoms with Gasteiger partial charge in [0, 0.05) is 22.7 Å². The molecule has 0 saturated carbocycles. The average molecular weight is 393 g/mol.